The average molecular weight is 352 g/mol. The first-order valence-corrected chi connectivity index (χ1v) is 9.36. The second kappa shape index (κ2) is 8.26. The molecule has 2 rings (SSSR count). The van der Waals surface area contributed by atoms with Gasteiger partial charge in [-0.25, -0.2) is 0 Å². The molecule has 0 aliphatic carbocycles. The number of nitrogens with zero attached hydrogens (tertiary/aromatic N) is 3. The molecule has 0 saturated heterocycles. The molecule has 2 amide bonds. The normalized spacial score (nSPS) is 12.1. The highest BCUT2D eigenvalue weighted by Gasteiger charge is 2.22. The lowest BCUT2D eigenvalue weighted by atomic mass is 10.1. The number of amides is 2. The van der Waals surface area contributed by atoms with Crippen LogP contribution in [0.25, 0.3) is 11.0 Å². The molecule has 0 bridgehead atoms. The number of carbonyl (C=O) groups is 2. The Bertz CT molecular complexity index is 689. The smallest absolute Gasteiger partial charge is 0.245 e. The fourth-order valence-corrected chi connectivity index (χ4v) is 3.27. The highest BCUT2D eigenvalue weighted by molar-refractivity contribution is 7.98. The predicted molar refractivity (Wildman–Crippen MR) is 94.5 cm³/mol. The van der Waals surface area contributed by atoms with Crippen molar-refractivity contribution in [3.8, 4) is 0 Å². The Morgan fingerprint density at radius 3 is 2.78 bits per heavy atom. The van der Waals surface area contributed by atoms with Gasteiger partial charge in [0.15, 0.2) is 0 Å². The third kappa shape index (κ3) is 4.90. The van der Waals surface area contributed by atoms with Gasteiger partial charge < -0.3 is 10.2 Å². The van der Waals surface area contributed by atoms with Crippen LogP contribution < -0.4 is 5.32 Å². The van der Waals surface area contributed by atoms with Crippen molar-refractivity contribution in [1.82, 2.24) is 19.0 Å². The Morgan fingerprint density at radius 2 is 2.09 bits per heavy atom. The van der Waals surface area contributed by atoms with E-state index < -0.39 is 6.04 Å². The largest absolute Gasteiger partial charge is 0.345 e. The fourth-order valence-electron chi connectivity index (χ4n) is 2.28. The quantitative estimate of drug-likeness (QED) is 0.824. The van der Waals surface area contributed by atoms with Gasteiger partial charge in [0.05, 0.1) is 11.7 Å². The van der Waals surface area contributed by atoms with E-state index in [1.807, 2.05) is 24.5 Å². The summed E-state index contributed by atoms with van der Waals surface area (Å²) in [6.45, 7) is 1.91. The summed E-state index contributed by atoms with van der Waals surface area (Å²) < 4.78 is 8.38. The molecular formula is C15H20N4O2S2. The lowest BCUT2D eigenvalue weighted by molar-refractivity contribution is -0.135. The summed E-state index contributed by atoms with van der Waals surface area (Å²) in [5, 5.41) is 2.74. The van der Waals surface area contributed by atoms with Crippen LogP contribution in [0.4, 0.5) is 0 Å². The van der Waals surface area contributed by atoms with Gasteiger partial charge in [-0.15, -0.1) is 0 Å². The van der Waals surface area contributed by atoms with Crippen LogP contribution in [0.15, 0.2) is 18.2 Å². The Balaban J connectivity index is 2.05. The number of thioether (sulfide) groups is 1. The standard InChI is InChI=1S/C15H20N4O2S2/c1-10(20)16-13(6-7-22-3)15(21)19(2)9-11-4-5-12-14(8-11)18-23-17-12/h4-5,8,13H,6-7,9H2,1-3H3,(H,16,20)/t13-/m0/s1. The molecule has 23 heavy (non-hydrogen) atoms. The minimum absolute atomic E-state index is 0.0780. The predicted octanol–water partition coefficient (Wildman–Crippen LogP) is 1.91. The van der Waals surface area contributed by atoms with Gasteiger partial charge in [0.2, 0.25) is 11.8 Å². The molecule has 0 aliphatic rings. The SMILES string of the molecule is CSCC[C@H](NC(C)=O)C(=O)N(C)Cc1ccc2nsnc2c1. The van der Waals surface area contributed by atoms with Gasteiger partial charge in [-0.3, -0.25) is 9.59 Å². The monoisotopic (exact) mass is 352 g/mol. The Labute approximate surface area is 144 Å². The minimum atomic E-state index is -0.477. The fraction of sp³-hybridized carbons (Fsp3) is 0.467. The molecule has 0 saturated carbocycles. The number of hydrogen-bond donors (Lipinski definition) is 1. The molecule has 0 fully saturated rings. The number of hydrogen-bond acceptors (Lipinski definition) is 6. The molecule has 0 spiro atoms. The summed E-state index contributed by atoms with van der Waals surface area (Å²) in [5.74, 6) is 0.555. The van der Waals surface area contributed by atoms with Crippen LogP contribution >= 0.6 is 23.5 Å². The number of benzene rings is 1. The lowest BCUT2D eigenvalue weighted by Gasteiger charge is -2.24. The van der Waals surface area contributed by atoms with Crippen LogP contribution in [0, 0.1) is 0 Å². The molecule has 124 valence electrons. The second-order valence-electron chi connectivity index (χ2n) is 5.32. The summed E-state index contributed by atoms with van der Waals surface area (Å²) in [7, 11) is 1.75. The van der Waals surface area contributed by atoms with Crippen molar-refractivity contribution < 1.29 is 9.59 Å². The number of nitrogens with one attached hydrogen (secondary N) is 1. The van der Waals surface area contributed by atoms with E-state index in [0.29, 0.717) is 13.0 Å². The maximum Gasteiger partial charge on any atom is 0.245 e. The van der Waals surface area contributed by atoms with E-state index in [1.165, 1.54) is 18.7 Å². The molecule has 0 aliphatic heterocycles. The summed E-state index contributed by atoms with van der Waals surface area (Å²) in [6.07, 6.45) is 2.61. The van der Waals surface area contributed by atoms with Crippen LogP contribution in [-0.4, -0.2) is 50.6 Å². The Morgan fingerprint density at radius 1 is 1.35 bits per heavy atom. The molecule has 1 aromatic heterocycles. The van der Waals surface area contributed by atoms with Gasteiger partial charge in [-0.1, -0.05) is 6.07 Å². The molecule has 1 heterocycles. The molecule has 1 atom stereocenters. The lowest BCUT2D eigenvalue weighted by Crippen LogP contribution is -2.46. The third-order valence-corrected chi connectivity index (χ3v) is 4.60. The molecule has 8 heteroatoms. The van der Waals surface area contributed by atoms with Crippen molar-refractivity contribution in [2.24, 2.45) is 0 Å². The van der Waals surface area contributed by atoms with Crippen LogP contribution in [0.5, 0.6) is 0 Å². The molecule has 0 unspecified atom stereocenters. The zero-order valence-electron chi connectivity index (χ0n) is 13.4. The molecule has 1 N–H and O–H groups in total. The Kier molecular flexibility index (Phi) is 6.35. The molecule has 1 aromatic carbocycles. The van der Waals surface area contributed by atoms with E-state index >= 15 is 0 Å². The highest BCUT2D eigenvalue weighted by atomic mass is 32.2. The highest BCUT2D eigenvalue weighted by Crippen LogP contribution is 2.15. The van der Waals surface area contributed by atoms with Gasteiger partial charge in [0.1, 0.15) is 17.1 Å². The zero-order valence-corrected chi connectivity index (χ0v) is 15.0. The first-order chi connectivity index (χ1) is 11.0. The van der Waals surface area contributed by atoms with Crippen LogP contribution in [0.3, 0.4) is 0 Å². The van der Waals surface area contributed by atoms with Crippen molar-refractivity contribution in [3.05, 3.63) is 23.8 Å². The van der Waals surface area contributed by atoms with Gasteiger partial charge in [0, 0.05) is 20.5 Å². The van der Waals surface area contributed by atoms with E-state index in [-0.39, 0.29) is 11.8 Å². The maximum atomic E-state index is 12.6. The average Bonchev–Trinajstić information content (AvgIpc) is 2.97. The number of carbonyl (C=O) groups excluding carboxylic acids is 2. The van der Waals surface area contributed by atoms with Gasteiger partial charge in [-0.2, -0.15) is 20.5 Å². The van der Waals surface area contributed by atoms with E-state index in [4.69, 9.17) is 0 Å². The summed E-state index contributed by atoms with van der Waals surface area (Å²) in [6, 6.07) is 5.32. The number of aromatic nitrogens is 2. The summed E-state index contributed by atoms with van der Waals surface area (Å²) in [5.41, 5.74) is 2.70. The van der Waals surface area contributed by atoms with Crippen molar-refractivity contribution in [2.75, 3.05) is 19.1 Å². The van der Waals surface area contributed by atoms with E-state index in [0.717, 1.165) is 22.3 Å². The van der Waals surface area contributed by atoms with Gasteiger partial charge >= 0.3 is 0 Å². The molecular weight excluding hydrogens is 332 g/mol. The first-order valence-electron chi connectivity index (χ1n) is 7.23. The van der Waals surface area contributed by atoms with Crippen molar-refractivity contribution in [1.29, 1.82) is 0 Å². The van der Waals surface area contributed by atoms with Crippen molar-refractivity contribution in [2.45, 2.75) is 25.9 Å². The topological polar surface area (TPSA) is 75.2 Å². The number of likely N-dealkylation sites (N-methyl/N-ethyl adjacent to an activating group) is 1. The van der Waals surface area contributed by atoms with Crippen LogP contribution in [-0.2, 0) is 16.1 Å². The molecule has 0 radical (unpaired) electrons. The summed E-state index contributed by atoms with van der Waals surface area (Å²) >= 11 is 2.83. The third-order valence-electron chi connectivity index (χ3n) is 3.40. The van der Waals surface area contributed by atoms with E-state index in [1.54, 1.807) is 23.7 Å². The van der Waals surface area contributed by atoms with Crippen LogP contribution in [0.1, 0.15) is 18.9 Å². The maximum absolute atomic E-state index is 12.6. The number of rotatable bonds is 7. The van der Waals surface area contributed by atoms with Crippen LogP contribution in [0.2, 0.25) is 0 Å². The van der Waals surface area contributed by atoms with E-state index in [2.05, 4.69) is 14.1 Å². The first kappa shape index (κ1) is 17.7. The minimum Gasteiger partial charge on any atom is -0.345 e. The van der Waals surface area contributed by atoms with Crippen molar-refractivity contribution in [3.63, 3.8) is 0 Å². The Hall–Kier alpha value is -1.67. The zero-order chi connectivity index (χ0) is 16.8. The van der Waals surface area contributed by atoms with Crippen molar-refractivity contribution >= 4 is 46.3 Å². The van der Waals surface area contributed by atoms with Gasteiger partial charge in [0.25, 0.3) is 0 Å². The number of fused-ring (bicyclic) bond motifs is 1. The molecule has 6 nitrogen and oxygen atoms in total. The van der Waals surface area contributed by atoms with E-state index in [9.17, 15) is 9.59 Å². The van der Waals surface area contributed by atoms with Gasteiger partial charge in [-0.05, 0) is 36.1 Å². The summed E-state index contributed by atoms with van der Waals surface area (Å²) in [4.78, 5) is 25.5. The second-order valence-corrected chi connectivity index (χ2v) is 6.83. The molecule has 2 aromatic rings.